The molecule has 6 nitrogen and oxygen atoms in total. The lowest BCUT2D eigenvalue weighted by atomic mass is 9.98. The number of aryl methyl sites for hydroxylation is 2. The fraction of sp³-hybridized carbons (Fsp3) is 0.333. The number of aliphatic hydroxyl groups is 1. The van der Waals surface area contributed by atoms with Gasteiger partial charge in [0, 0.05) is 41.7 Å². The Hall–Kier alpha value is -2.02. The molecule has 0 spiro atoms. The second kappa shape index (κ2) is 6.30. The summed E-state index contributed by atoms with van der Waals surface area (Å²) in [7, 11) is 0. The van der Waals surface area contributed by atoms with Crippen molar-refractivity contribution in [2.24, 2.45) is 0 Å². The van der Waals surface area contributed by atoms with Crippen molar-refractivity contribution in [1.82, 2.24) is 19.9 Å². The van der Waals surface area contributed by atoms with E-state index in [1.807, 2.05) is 19.9 Å². The van der Waals surface area contributed by atoms with E-state index < -0.39 is 6.61 Å². The van der Waals surface area contributed by atoms with Gasteiger partial charge in [-0.3, -0.25) is 4.79 Å². The number of aromatic nitrogens is 3. The van der Waals surface area contributed by atoms with E-state index in [0.717, 1.165) is 44.9 Å². The average molecular weight is 393 g/mol. The highest BCUT2D eigenvalue weighted by molar-refractivity contribution is 6.45. The highest BCUT2D eigenvalue weighted by Gasteiger charge is 2.27. The van der Waals surface area contributed by atoms with Crippen molar-refractivity contribution in [3.63, 3.8) is 0 Å². The number of hydrogen-bond donors (Lipinski definition) is 3. The zero-order chi connectivity index (χ0) is 18.6. The van der Waals surface area contributed by atoms with Gasteiger partial charge in [0.1, 0.15) is 12.4 Å². The van der Waals surface area contributed by atoms with Gasteiger partial charge < -0.3 is 20.0 Å². The molecule has 4 rings (SSSR count). The van der Waals surface area contributed by atoms with E-state index in [1.54, 1.807) is 4.90 Å². The quantitative estimate of drug-likeness (QED) is 0.624. The Morgan fingerprint density at radius 1 is 1.35 bits per heavy atom. The Morgan fingerprint density at radius 3 is 2.77 bits per heavy atom. The Balaban J connectivity index is 1.99. The molecule has 26 heavy (non-hydrogen) atoms. The van der Waals surface area contributed by atoms with Crippen LogP contribution in [0.4, 0.5) is 0 Å². The smallest absolute Gasteiger partial charge is 0.248 e. The second-order valence-electron chi connectivity index (χ2n) is 6.56. The molecule has 3 heterocycles. The van der Waals surface area contributed by atoms with Crippen LogP contribution in [0.15, 0.2) is 6.07 Å². The Morgan fingerprint density at radius 2 is 2.12 bits per heavy atom. The number of carbonyl (C=O) groups excluding carboxylic acids is 1. The summed E-state index contributed by atoms with van der Waals surface area (Å²) in [6.07, 6.45) is 0.671. The first kappa shape index (κ1) is 17.4. The van der Waals surface area contributed by atoms with Crippen molar-refractivity contribution in [3.05, 3.63) is 38.9 Å². The number of nitrogens with one attached hydrogen (secondary N) is 2. The molecule has 0 saturated carbocycles. The number of halogens is 2. The van der Waals surface area contributed by atoms with Crippen molar-refractivity contribution in [2.75, 3.05) is 13.2 Å². The van der Waals surface area contributed by atoms with E-state index in [0.29, 0.717) is 29.6 Å². The van der Waals surface area contributed by atoms with Crippen molar-refractivity contribution in [1.29, 1.82) is 0 Å². The first-order chi connectivity index (χ1) is 12.4. The van der Waals surface area contributed by atoms with Crippen LogP contribution in [0.1, 0.15) is 22.8 Å². The maximum Gasteiger partial charge on any atom is 0.248 e. The summed E-state index contributed by atoms with van der Waals surface area (Å²) in [4.78, 5) is 24.8. The SMILES string of the molecule is Cc1nc(C)c(-c2cc(Cl)c(Cl)c3[nH]c4c(c23)CN(C(=O)CO)CC4)[nH]1. The van der Waals surface area contributed by atoms with Gasteiger partial charge in [-0.05, 0) is 19.9 Å². The maximum atomic E-state index is 12.0. The van der Waals surface area contributed by atoms with E-state index >= 15 is 0 Å². The van der Waals surface area contributed by atoms with Crippen molar-refractivity contribution >= 4 is 40.0 Å². The second-order valence-corrected chi connectivity index (χ2v) is 7.34. The third-order valence-corrected chi connectivity index (χ3v) is 5.69. The molecule has 8 heteroatoms. The Labute approximate surface area is 160 Å². The zero-order valence-corrected chi connectivity index (χ0v) is 15.9. The number of aromatic amines is 2. The normalized spacial score (nSPS) is 14.1. The number of H-pyrrole nitrogens is 2. The molecule has 2 aromatic heterocycles. The minimum Gasteiger partial charge on any atom is -0.387 e. The van der Waals surface area contributed by atoms with E-state index in [9.17, 15) is 9.90 Å². The van der Waals surface area contributed by atoms with Gasteiger partial charge in [0.25, 0.3) is 0 Å². The summed E-state index contributed by atoms with van der Waals surface area (Å²) in [5.74, 6) is 0.540. The number of nitrogens with zero attached hydrogens (tertiary/aromatic N) is 2. The molecule has 1 aromatic carbocycles. The highest BCUT2D eigenvalue weighted by Crippen LogP contribution is 2.42. The number of imidazole rings is 1. The van der Waals surface area contributed by atoms with Crippen LogP contribution in [0.3, 0.4) is 0 Å². The summed E-state index contributed by atoms with van der Waals surface area (Å²) < 4.78 is 0. The predicted molar refractivity (Wildman–Crippen MR) is 102 cm³/mol. The first-order valence-electron chi connectivity index (χ1n) is 8.34. The molecule has 0 bridgehead atoms. The molecular weight excluding hydrogens is 375 g/mol. The minimum absolute atomic E-state index is 0.278. The summed E-state index contributed by atoms with van der Waals surface area (Å²) in [5.41, 5.74) is 5.48. The van der Waals surface area contributed by atoms with Crippen LogP contribution in [0.5, 0.6) is 0 Å². The number of benzene rings is 1. The predicted octanol–water partition coefficient (Wildman–Crippen LogP) is 3.36. The molecule has 3 aromatic rings. The van der Waals surface area contributed by atoms with Crippen LogP contribution < -0.4 is 0 Å². The molecule has 0 unspecified atom stereocenters. The lowest BCUT2D eigenvalue weighted by molar-refractivity contribution is -0.135. The summed E-state index contributed by atoms with van der Waals surface area (Å²) in [6, 6.07) is 1.84. The van der Waals surface area contributed by atoms with E-state index in [4.69, 9.17) is 23.2 Å². The monoisotopic (exact) mass is 392 g/mol. The molecule has 136 valence electrons. The van der Waals surface area contributed by atoms with Gasteiger partial charge in [-0.2, -0.15) is 0 Å². The van der Waals surface area contributed by atoms with Crippen molar-refractivity contribution < 1.29 is 9.90 Å². The first-order valence-corrected chi connectivity index (χ1v) is 9.10. The molecule has 0 saturated heterocycles. The molecule has 0 fully saturated rings. The molecule has 0 aliphatic carbocycles. The molecular formula is C18H18Cl2N4O2. The zero-order valence-electron chi connectivity index (χ0n) is 14.4. The largest absolute Gasteiger partial charge is 0.387 e. The van der Waals surface area contributed by atoms with Gasteiger partial charge in [-0.25, -0.2) is 4.98 Å². The van der Waals surface area contributed by atoms with Crippen molar-refractivity contribution in [2.45, 2.75) is 26.8 Å². The number of fused-ring (bicyclic) bond motifs is 3. The number of amides is 1. The summed E-state index contributed by atoms with van der Waals surface area (Å²) >= 11 is 12.8. The minimum atomic E-state index is -0.490. The van der Waals surface area contributed by atoms with E-state index in [1.165, 1.54) is 0 Å². The molecule has 1 amide bonds. The van der Waals surface area contributed by atoms with E-state index in [-0.39, 0.29) is 5.91 Å². The van der Waals surface area contributed by atoms with Crippen LogP contribution >= 0.6 is 23.2 Å². The van der Waals surface area contributed by atoms with Gasteiger partial charge in [-0.1, -0.05) is 23.2 Å². The lowest BCUT2D eigenvalue weighted by Gasteiger charge is -2.26. The van der Waals surface area contributed by atoms with Crippen molar-refractivity contribution in [3.8, 4) is 11.3 Å². The molecule has 3 N–H and O–H groups in total. The van der Waals surface area contributed by atoms with Crippen LogP contribution in [0.2, 0.25) is 10.0 Å². The van der Waals surface area contributed by atoms with Crippen LogP contribution in [0, 0.1) is 13.8 Å². The number of rotatable bonds is 2. The molecule has 1 aliphatic heterocycles. The highest BCUT2D eigenvalue weighted by atomic mass is 35.5. The standard InChI is InChI=1S/C18H18Cl2N4O2/c1-8-17(22-9(2)21-8)10-5-12(19)16(20)18-15(10)11-6-24(14(26)7-25)4-3-13(11)23-18/h5,23,25H,3-4,6-7H2,1-2H3,(H,21,22). The van der Waals surface area contributed by atoms with Gasteiger partial charge in [0.05, 0.1) is 26.9 Å². The van der Waals surface area contributed by atoms with Gasteiger partial charge in [-0.15, -0.1) is 0 Å². The van der Waals surface area contributed by atoms with Crippen LogP contribution in [-0.4, -0.2) is 44.0 Å². The number of aliphatic hydroxyl groups excluding tert-OH is 1. The van der Waals surface area contributed by atoms with Gasteiger partial charge in [0.2, 0.25) is 5.91 Å². The maximum absolute atomic E-state index is 12.0. The fourth-order valence-corrected chi connectivity index (χ4v) is 4.12. The summed E-state index contributed by atoms with van der Waals surface area (Å²) in [6.45, 7) is 4.33. The molecule has 0 atom stereocenters. The third-order valence-electron chi connectivity index (χ3n) is 4.90. The number of hydrogen-bond acceptors (Lipinski definition) is 3. The Kier molecular flexibility index (Phi) is 4.22. The lowest BCUT2D eigenvalue weighted by Crippen LogP contribution is -2.37. The van der Waals surface area contributed by atoms with Gasteiger partial charge >= 0.3 is 0 Å². The third kappa shape index (κ3) is 2.60. The Bertz CT molecular complexity index is 1040. The fourth-order valence-electron chi connectivity index (χ4n) is 3.72. The molecule has 0 radical (unpaired) electrons. The topological polar surface area (TPSA) is 85.0 Å². The van der Waals surface area contributed by atoms with Crippen LogP contribution in [0.25, 0.3) is 22.2 Å². The van der Waals surface area contributed by atoms with Crippen LogP contribution in [-0.2, 0) is 17.8 Å². The average Bonchev–Trinajstić information content (AvgIpc) is 3.16. The van der Waals surface area contributed by atoms with E-state index in [2.05, 4.69) is 15.0 Å². The molecule has 1 aliphatic rings. The number of carbonyl (C=O) groups is 1. The summed E-state index contributed by atoms with van der Waals surface area (Å²) in [5, 5.41) is 11.1. The van der Waals surface area contributed by atoms with Gasteiger partial charge in [0.15, 0.2) is 0 Å².